The maximum Gasteiger partial charge on any atom is 0.305 e. The fourth-order valence-corrected chi connectivity index (χ4v) is 3.66. The van der Waals surface area contributed by atoms with Crippen molar-refractivity contribution in [3.05, 3.63) is 33.8 Å². The van der Waals surface area contributed by atoms with Crippen LogP contribution in [0.2, 0.25) is 10.0 Å². The second kappa shape index (κ2) is 11.6. The maximum absolute atomic E-state index is 11.7. The second-order valence-corrected chi connectivity index (χ2v) is 7.71. The molecule has 0 N–H and O–H groups in total. The first kappa shape index (κ1) is 23.0. The smallest absolute Gasteiger partial charge is 0.305 e. The Morgan fingerprint density at radius 2 is 2.14 bits per heavy atom. The lowest BCUT2D eigenvalue weighted by Crippen LogP contribution is -2.29. The number of nitrogens with zero attached hydrogens (tertiary/aromatic N) is 1. The molecule has 28 heavy (non-hydrogen) atoms. The fraction of sp³-hybridized carbons (Fsp3) is 0.619. The third-order valence-corrected chi connectivity index (χ3v) is 5.69. The van der Waals surface area contributed by atoms with Crippen LogP contribution in [0.5, 0.6) is 0 Å². The average molecular weight is 428 g/mol. The highest BCUT2D eigenvalue weighted by atomic mass is 35.5. The summed E-state index contributed by atoms with van der Waals surface area (Å²) in [4.78, 5) is 11.7. The van der Waals surface area contributed by atoms with E-state index in [0.717, 1.165) is 24.8 Å². The molecule has 1 fully saturated rings. The van der Waals surface area contributed by atoms with Crippen molar-refractivity contribution in [2.75, 3.05) is 19.8 Å². The standard InChI is InChI=1S/C21H27Cl2NO4/c1-2-26-19(25)6-5-10-21(15-24,16-8-9-17(22)18(23)14-16)11-13-28-20-7-3-4-12-27-20/h8-9,14,20H,2-7,10-13H2,1H3. The van der Waals surface area contributed by atoms with E-state index in [1.165, 1.54) is 0 Å². The first-order valence-electron chi connectivity index (χ1n) is 9.76. The lowest BCUT2D eigenvalue weighted by atomic mass is 9.75. The summed E-state index contributed by atoms with van der Waals surface area (Å²) in [5, 5.41) is 10.9. The van der Waals surface area contributed by atoms with Crippen LogP contribution in [0.1, 0.15) is 57.4 Å². The lowest BCUT2D eigenvalue weighted by molar-refractivity contribution is -0.164. The monoisotopic (exact) mass is 427 g/mol. The molecule has 2 rings (SSSR count). The van der Waals surface area contributed by atoms with Gasteiger partial charge < -0.3 is 14.2 Å². The van der Waals surface area contributed by atoms with Crippen molar-refractivity contribution < 1.29 is 19.0 Å². The minimum atomic E-state index is -0.824. The fourth-order valence-electron chi connectivity index (χ4n) is 3.36. The van der Waals surface area contributed by atoms with Gasteiger partial charge in [-0.15, -0.1) is 0 Å². The molecule has 0 bridgehead atoms. The van der Waals surface area contributed by atoms with Gasteiger partial charge in [-0.2, -0.15) is 5.26 Å². The Balaban J connectivity index is 2.08. The van der Waals surface area contributed by atoms with E-state index in [-0.39, 0.29) is 18.7 Å². The molecule has 1 heterocycles. The molecule has 5 nitrogen and oxygen atoms in total. The van der Waals surface area contributed by atoms with Gasteiger partial charge >= 0.3 is 5.97 Å². The number of esters is 1. The molecule has 0 aromatic heterocycles. The van der Waals surface area contributed by atoms with Gasteiger partial charge in [0.05, 0.1) is 34.7 Å². The zero-order valence-electron chi connectivity index (χ0n) is 16.2. The topological polar surface area (TPSA) is 68.6 Å². The van der Waals surface area contributed by atoms with Gasteiger partial charge in [-0.1, -0.05) is 29.3 Å². The molecule has 0 saturated carbocycles. The minimum absolute atomic E-state index is 0.210. The summed E-state index contributed by atoms with van der Waals surface area (Å²) < 4.78 is 16.4. The van der Waals surface area contributed by atoms with Crippen LogP contribution in [-0.4, -0.2) is 32.1 Å². The van der Waals surface area contributed by atoms with E-state index in [1.807, 2.05) is 6.07 Å². The second-order valence-electron chi connectivity index (χ2n) is 6.90. The van der Waals surface area contributed by atoms with Crippen LogP contribution in [-0.2, 0) is 24.4 Å². The number of benzene rings is 1. The third kappa shape index (κ3) is 6.63. The van der Waals surface area contributed by atoms with Gasteiger partial charge in [-0.3, -0.25) is 4.79 Å². The molecule has 1 aromatic rings. The van der Waals surface area contributed by atoms with Crippen molar-refractivity contribution >= 4 is 29.2 Å². The van der Waals surface area contributed by atoms with Gasteiger partial charge in [0.15, 0.2) is 6.29 Å². The number of hydrogen-bond donors (Lipinski definition) is 0. The molecule has 0 aliphatic carbocycles. The normalized spacial score (nSPS) is 18.9. The molecule has 1 saturated heterocycles. The number of halogens is 2. The van der Waals surface area contributed by atoms with Crippen molar-refractivity contribution in [1.82, 2.24) is 0 Å². The summed E-state index contributed by atoms with van der Waals surface area (Å²) in [6.45, 7) is 3.22. The van der Waals surface area contributed by atoms with Crippen LogP contribution < -0.4 is 0 Å². The molecule has 154 valence electrons. The molecule has 7 heteroatoms. The first-order chi connectivity index (χ1) is 13.5. The molecule has 1 aromatic carbocycles. The number of nitriles is 1. The highest BCUT2D eigenvalue weighted by Gasteiger charge is 2.33. The molecule has 2 unspecified atom stereocenters. The van der Waals surface area contributed by atoms with E-state index >= 15 is 0 Å². The summed E-state index contributed by atoms with van der Waals surface area (Å²) in [6, 6.07) is 7.69. The highest BCUT2D eigenvalue weighted by molar-refractivity contribution is 6.42. The molecule has 0 radical (unpaired) electrons. The Morgan fingerprint density at radius 1 is 1.32 bits per heavy atom. The molecule has 0 spiro atoms. The summed E-state index contributed by atoms with van der Waals surface area (Å²) in [5.74, 6) is -0.254. The van der Waals surface area contributed by atoms with Gasteiger partial charge in [0, 0.05) is 13.0 Å². The highest BCUT2D eigenvalue weighted by Crippen LogP contribution is 2.36. The van der Waals surface area contributed by atoms with Gasteiger partial charge in [0.1, 0.15) is 0 Å². The SMILES string of the molecule is CCOC(=O)CCCC(C#N)(CCOC1CCCCO1)c1ccc(Cl)c(Cl)c1. The van der Waals surface area contributed by atoms with Gasteiger partial charge in [-0.05, 0) is 63.1 Å². The van der Waals surface area contributed by atoms with E-state index in [4.69, 9.17) is 37.4 Å². The van der Waals surface area contributed by atoms with E-state index < -0.39 is 5.41 Å². The number of ether oxygens (including phenoxy) is 3. The number of rotatable bonds is 10. The first-order valence-corrected chi connectivity index (χ1v) is 10.5. The van der Waals surface area contributed by atoms with E-state index in [0.29, 0.717) is 49.1 Å². The Bertz CT molecular complexity index is 685. The molecular formula is C21H27Cl2NO4. The summed E-state index contributed by atoms with van der Waals surface area (Å²) in [7, 11) is 0. The van der Waals surface area contributed by atoms with Crippen molar-refractivity contribution in [2.24, 2.45) is 0 Å². The molecule has 1 aliphatic heterocycles. The summed E-state index contributed by atoms with van der Waals surface area (Å²) in [6.07, 6.45) is 4.57. The van der Waals surface area contributed by atoms with Crippen LogP contribution in [0, 0.1) is 11.3 Å². The Kier molecular flexibility index (Phi) is 9.53. The molecule has 0 amide bonds. The quantitative estimate of drug-likeness (QED) is 0.466. The van der Waals surface area contributed by atoms with Gasteiger partial charge in [-0.25, -0.2) is 0 Å². The molecular weight excluding hydrogens is 401 g/mol. The molecule has 1 aliphatic rings. The Morgan fingerprint density at radius 3 is 2.79 bits per heavy atom. The predicted molar refractivity (Wildman–Crippen MR) is 108 cm³/mol. The van der Waals surface area contributed by atoms with E-state index in [9.17, 15) is 10.1 Å². The molecule has 2 atom stereocenters. The number of carbonyl (C=O) groups is 1. The van der Waals surface area contributed by atoms with Gasteiger partial charge in [0.25, 0.3) is 0 Å². The maximum atomic E-state index is 11.7. The largest absolute Gasteiger partial charge is 0.466 e. The van der Waals surface area contributed by atoms with Crippen molar-refractivity contribution in [3.63, 3.8) is 0 Å². The van der Waals surface area contributed by atoms with Crippen molar-refractivity contribution in [1.29, 1.82) is 5.26 Å². The Labute approximate surface area is 176 Å². The van der Waals surface area contributed by atoms with Crippen molar-refractivity contribution in [2.45, 2.75) is 63.6 Å². The number of hydrogen-bond acceptors (Lipinski definition) is 5. The van der Waals surface area contributed by atoms with Crippen LogP contribution in [0.15, 0.2) is 18.2 Å². The average Bonchev–Trinajstić information content (AvgIpc) is 2.70. The zero-order chi connectivity index (χ0) is 20.4. The zero-order valence-corrected chi connectivity index (χ0v) is 17.7. The lowest BCUT2D eigenvalue weighted by Gasteiger charge is -2.29. The van der Waals surface area contributed by atoms with Crippen LogP contribution in [0.4, 0.5) is 0 Å². The number of carbonyl (C=O) groups excluding carboxylic acids is 1. The van der Waals surface area contributed by atoms with Crippen LogP contribution in [0.3, 0.4) is 0 Å². The minimum Gasteiger partial charge on any atom is -0.466 e. The predicted octanol–water partition coefficient (Wildman–Crippen LogP) is 5.42. The summed E-state index contributed by atoms with van der Waals surface area (Å²) >= 11 is 12.2. The van der Waals surface area contributed by atoms with E-state index in [2.05, 4.69) is 6.07 Å². The van der Waals surface area contributed by atoms with Gasteiger partial charge in [0.2, 0.25) is 0 Å². The van der Waals surface area contributed by atoms with Crippen LogP contribution >= 0.6 is 23.2 Å². The Hall–Kier alpha value is -1.32. The third-order valence-electron chi connectivity index (χ3n) is 4.95. The van der Waals surface area contributed by atoms with Crippen molar-refractivity contribution in [3.8, 4) is 6.07 Å². The summed E-state index contributed by atoms with van der Waals surface area (Å²) in [5.41, 5.74) is -0.0449. The van der Waals surface area contributed by atoms with Crippen LogP contribution in [0.25, 0.3) is 0 Å². The van der Waals surface area contributed by atoms with E-state index in [1.54, 1.807) is 19.1 Å².